The van der Waals surface area contributed by atoms with E-state index in [2.05, 4.69) is 4.98 Å². The van der Waals surface area contributed by atoms with Gasteiger partial charge in [0.15, 0.2) is 17.4 Å². The van der Waals surface area contributed by atoms with Crippen molar-refractivity contribution in [1.82, 2.24) is 4.98 Å². The number of ketones is 1. The van der Waals surface area contributed by atoms with Gasteiger partial charge < -0.3 is 5.11 Å². The molecule has 1 unspecified atom stereocenters. The number of hydrogen-bond acceptors (Lipinski definition) is 5. The molecule has 180 valence electrons. The van der Waals surface area contributed by atoms with Crippen LogP contribution in [0.15, 0.2) is 84.1 Å². The zero-order chi connectivity index (χ0) is 25.6. The van der Waals surface area contributed by atoms with Crippen LogP contribution in [-0.4, -0.2) is 21.8 Å². The Morgan fingerprint density at radius 3 is 2.33 bits per heavy atom. The van der Waals surface area contributed by atoms with E-state index in [9.17, 15) is 27.9 Å². The van der Waals surface area contributed by atoms with E-state index in [1.165, 1.54) is 18.2 Å². The van der Waals surface area contributed by atoms with E-state index in [1.54, 1.807) is 6.92 Å². The highest BCUT2D eigenvalue weighted by atomic mass is 32.1. The number of halogens is 3. The maximum atomic E-state index is 14.1. The van der Waals surface area contributed by atoms with Gasteiger partial charge in [-0.05, 0) is 36.8 Å². The molecule has 0 saturated heterocycles. The van der Waals surface area contributed by atoms with Crippen molar-refractivity contribution < 1.29 is 27.9 Å². The molecule has 5 rings (SSSR count). The van der Waals surface area contributed by atoms with Crippen LogP contribution in [0.5, 0.6) is 0 Å². The minimum atomic E-state index is -1.21. The third kappa shape index (κ3) is 3.97. The number of anilines is 1. The smallest absolute Gasteiger partial charge is 0.294 e. The molecule has 1 amide bonds. The molecule has 4 aromatic rings. The molecule has 1 aliphatic rings. The number of amides is 1. The first-order valence-electron chi connectivity index (χ1n) is 10.8. The molecule has 1 aliphatic heterocycles. The van der Waals surface area contributed by atoms with Gasteiger partial charge in [-0.2, -0.15) is 0 Å². The SMILES string of the molecule is Cc1nc(-c2ccccc2)sc1C(=O)C1=C(O)C(=O)N(c2ccc(F)c(F)c2)C1c1ccc(F)cc1. The van der Waals surface area contributed by atoms with Crippen molar-refractivity contribution in [3.63, 3.8) is 0 Å². The number of carbonyl (C=O) groups excluding carboxylic acids is 2. The van der Waals surface area contributed by atoms with Gasteiger partial charge in [0.05, 0.1) is 22.2 Å². The Kier molecular flexibility index (Phi) is 5.93. The molecule has 1 aromatic heterocycles. The maximum Gasteiger partial charge on any atom is 0.294 e. The molecule has 1 N–H and O–H groups in total. The van der Waals surface area contributed by atoms with Gasteiger partial charge in [0, 0.05) is 17.3 Å². The van der Waals surface area contributed by atoms with Crippen molar-refractivity contribution in [1.29, 1.82) is 0 Å². The fourth-order valence-electron chi connectivity index (χ4n) is 4.13. The lowest BCUT2D eigenvalue weighted by Crippen LogP contribution is -2.31. The number of Topliss-reactive ketones (excluding diaryl/α,β-unsaturated/α-hetero) is 1. The fourth-order valence-corrected chi connectivity index (χ4v) is 5.16. The summed E-state index contributed by atoms with van der Waals surface area (Å²) in [7, 11) is 0. The number of rotatable bonds is 5. The summed E-state index contributed by atoms with van der Waals surface area (Å²) in [6, 6.07) is 15.8. The minimum Gasteiger partial charge on any atom is -0.503 e. The van der Waals surface area contributed by atoms with E-state index >= 15 is 0 Å². The van der Waals surface area contributed by atoms with Crippen LogP contribution in [0.3, 0.4) is 0 Å². The summed E-state index contributed by atoms with van der Waals surface area (Å²) in [5.41, 5.74) is 1.16. The van der Waals surface area contributed by atoms with Crippen molar-refractivity contribution in [3.8, 4) is 10.6 Å². The molecule has 0 radical (unpaired) electrons. The van der Waals surface area contributed by atoms with Gasteiger partial charge in [-0.1, -0.05) is 42.5 Å². The lowest BCUT2D eigenvalue weighted by Gasteiger charge is -2.27. The Hall–Kier alpha value is -4.24. The van der Waals surface area contributed by atoms with Crippen LogP contribution in [0, 0.1) is 24.4 Å². The van der Waals surface area contributed by atoms with Crippen LogP contribution >= 0.6 is 11.3 Å². The van der Waals surface area contributed by atoms with Crippen LogP contribution in [-0.2, 0) is 4.79 Å². The fraction of sp³-hybridized carbons (Fsp3) is 0.0741. The molecule has 3 aromatic carbocycles. The molecular formula is C27H17F3N2O3S. The molecule has 0 fully saturated rings. The van der Waals surface area contributed by atoms with E-state index in [0.29, 0.717) is 16.3 Å². The number of aromatic nitrogens is 1. The normalized spacial score (nSPS) is 15.6. The zero-order valence-corrected chi connectivity index (χ0v) is 19.5. The van der Waals surface area contributed by atoms with E-state index in [-0.39, 0.29) is 16.1 Å². The highest BCUT2D eigenvalue weighted by Gasteiger charge is 2.45. The van der Waals surface area contributed by atoms with Crippen LogP contribution in [0.2, 0.25) is 0 Å². The molecule has 5 nitrogen and oxygen atoms in total. The molecule has 0 spiro atoms. The number of benzene rings is 3. The van der Waals surface area contributed by atoms with Gasteiger partial charge in [0.2, 0.25) is 5.78 Å². The van der Waals surface area contributed by atoms with E-state index in [0.717, 1.165) is 46.1 Å². The molecular weight excluding hydrogens is 489 g/mol. The topological polar surface area (TPSA) is 70.5 Å². The third-order valence-electron chi connectivity index (χ3n) is 5.84. The second kappa shape index (κ2) is 9.09. The maximum absolute atomic E-state index is 14.1. The molecule has 0 aliphatic carbocycles. The largest absolute Gasteiger partial charge is 0.503 e. The average Bonchev–Trinajstić information content (AvgIpc) is 3.39. The second-order valence-electron chi connectivity index (χ2n) is 8.12. The summed E-state index contributed by atoms with van der Waals surface area (Å²) in [5.74, 6) is -5.31. The summed E-state index contributed by atoms with van der Waals surface area (Å²) in [6.07, 6.45) is 0. The third-order valence-corrected chi connectivity index (χ3v) is 7.05. The van der Waals surface area contributed by atoms with Gasteiger partial charge in [-0.15, -0.1) is 11.3 Å². The first-order valence-corrected chi connectivity index (χ1v) is 11.6. The van der Waals surface area contributed by atoms with Crippen molar-refractivity contribution >= 4 is 28.7 Å². The monoisotopic (exact) mass is 506 g/mol. The summed E-state index contributed by atoms with van der Waals surface area (Å²) in [6.45, 7) is 1.64. The van der Waals surface area contributed by atoms with Gasteiger partial charge >= 0.3 is 0 Å². The second-order valence-corrected chi connectivity index (χ2v) is 9.12. The molecule has 0 saturated carbocycles. The first kappa shape index (κ1) is 23.5. The van der Waals surface area contributed by atoms with Crippen molar-refractivity contribution in [2.75, 3.05) is 4.90 Å². The number of aliphatic hydroxyl groups is 1. The van der Waals surface area contributed by atoms with E-state index < -0.39 is 40.9 Å². The van der Waals surface area contributed by atoms with Gasteiger partial charge in [0.25, 0.3) is 5.91 Å². The minimum absolute atomic E-state index is 0.0754. The van der Waals surface area contributed by atoms with Crippen molar-refractivity contribution in [3.05, 3.63) is 118 Å². The zero-order valence-electron chi connectivity index (χ0n) is 18.7. The number of nitrogens with zero attached hydrogens (tertiary/aromatic N) is 2. The first-order chi connectivity index (χ1) is 17.3. The molecule has 1 atom stereocenters. The van der Waals surface area contributed by atoms with Crippen molar-refractivity contribution in [2.24, 2.45) is 0 Å². The average molecular weight is 507 g/mol. The molecule has 0 bridgehead atoms. The standard InChI is InChI=1S/C27H17F3N2O3S/c1-14-25(36-26(31-14)16-5-3-2-4-6-16)23(33)21-22(15-7-9-17(28)10-8-15)32(27(35)24(21)34)18-11-12-19(29)20(30)13-18/h2-13,22,34H,1H3. The van der Waals surface area contributed by atoms with Crippen molar-refractivity contribution in [2.45, 2.75) is 13.0 Å². The van der Waals surface area contributed by atoms with E-state index in [1.807, 2.05) is 30.3 Å². The summed E-state index contributed by atoms with van der Waals surface area (Å²) < 4.78 is 41.3. The molecule has 9 heteroatoms. The summed E-state index contributed by atoms with van der Waals surface area (Å²) in [4.78, 5) is 32.6. The van der Waals surface area contributed by atoms with Gasteiger partial charge in [-0.25, -0.2) is 18.2 Å². The van der Waals surface area contributed by atoms with Crippen LogP contribution in [0.4, 0.5) is 18.9 Å². The predicted molar refractivity (Wildman–Crippen MR) is 129 cm³/mol. The highest BCUT2D eigenvalue weighted by Crippen LogP contribution is 2.43. The molecule has 2 heterocycles. The van der Waals surface area contributed by atoms with Gasteiger partial charge in [-0.3, -0.25) is 14.5 Å². The Balaban J connectivity index is 1.64. The molecule has 36 heavy (non-hydrogen) atoms. The number of aliphatic hydroxyl groups excluding tert-OH is 1. The lowest BCUT2D eigenvalue weighted by atomic mass is 9.94. The summed E-state index contributed by atoms with van der Waals surface area (Å²) >= 11 is 1.11. The predicted octanol–water partition coefficient (Wildman–Crippen LogP) is 6.32. The highest BCUT2D eigenvalue weighted by molar-refractivity contribution is 7.17. The van der Waals surface area contributed by atoms with Crippen LogP contribution in [0.1, 0.15) is 27.0 Å². The number of carbonyl (C=O) groups is 2. The number of aryl methyl sites for hydroxylation is 1. The summed E-state index contributed by atoms with van der Waals surface area (Å²) in [5, 5.41) is 11.4. The Morgan fingerprint density at radius 2 is 1.67 bits per heavy atom. The van der Waals surface area contributed by atoms with E-state index in [4.69, 9.17) is 0 Å². The van der Waals surface area contributed by atoms with Gasteiger partial charge in [0.1, 0.15) is 10.8 Å². The Morgan fingerprint density at radius 1 is 0.972 bits per heavy atom. The van der Waals surface area contributed by atoms with Crippen LogP contribution < -0.4 is 4.90 Å². The quantitative estimate of drug-likeness (QED) is 0.322. The van der Waals surface area contributed by atoms with Crippen LogP contribution in [0.25, 0.3) is 10.6 Å². The Bertz CT molecular complexity index is 1530. The lowest BCUT2D eigenvalue weighted by molar-refractivity contribution is -0.117. The number of hydrogen-bond donors (Lipinski definition) is 1. The Labute approximate surface area is 207 Å². The number of thiazole rings is 1.